The van der Waals surface area contributed by atoms with Crippen molar-refractivity contribution in [3.8, 4) is 0 Å². The summed E-state index contributed by atoms with van der Waals surface area (Å²) in [6.07, 6.45) is 0. The van der Waals surface area contributed by atoms with Crippen molar-refractivity contribution in [3.63, 3.8) is 0 Å². The first kappa shape index (κ1) is 19.3. The SMILES string of the molecule is Clc1nnc(Cl)c2c1CN(C(c1ccccc1)(c1ccccc1)c1ccccc1)C2. The van der Waals surface area contributed by atoms with Gasteiger partial charge in [0.15, 0.2) is 10.3 Å². The second-order valence-corrected chi connectivity index (χ2v) is 8.12. The summed E-state index contributed by atoms with van der Waals surface area (Å²) < 4.78 is 0. The van der Waals surface area contributed by atoms with Crippen LogP contribution in [0.5, 0.6) is 0 Å². The molecule has 5 heteroatoms. The number of hydrogen-bond donors (Lipinski definition) is 0. The first-order chi connectivity index (χ1) is 14.7. The quantitative estimate of drug-likeness (QED) is 0.366. The third-order valence-electron chi connectivity index (χ3n) is 5.83. The molecule has 2 heterocycles. The lowest BCUT2D eigenvalue weighted by atomic mass is 9.75. The van der Waals surface area contributed by atoms with E-state index in [1.54, 1.807) is 0 Å². The van der Waals surface area contributed by atoms with E-state index in [0.29, 0.717) is 23.4 Å². The van der Waals surface area contributed by atoms with Crippen molar-refractivity contribution < 1.29 is 0 Å². The van der Waals surface area contributed by atoms with Crippen molar-refractivity contribution in [1.29, 1.82) is 0 Å². The Morgan fingerprint density at radius 2 is 0.900 bits per heavy atom. The molecular formula is C25H19Cl2N3. The minimum atomic E-state index is -0.518. The van der Waals surface area contributed by atoms with Gasteiger partial charge < -0.3 is 0 Å². The van der Waals surface area contributed by atoms with Gasteiger partial charge in [0.1, 0.15) is 0 Å². The summed E-state index contributed by atoms with van der Waals surface area (Å²) >= 11 is 12.9. The van der Waals surface area contributed by atoms with Gasteiger partial charge in [0, 0.05) is 24.2 Å². The monoisotopic (exact) mass is 431 g/mol. The van der Waals surface area contributed by atoms with Gasteiger partial charge in [0.05, 0.1) is 5.54 Å². The highest BCUT2D eigenvalue weighted by Crippen LogP contribution is 2.47. The molecule has 4 aromatic rings. The summed E-state index contributed by atoms with van der Waals surface area (Å²) in [5.41, 5.74) is 4.93. The highest BCUT2D eigenvalue weighted by molar-refractivity contribution is 6.32. The molecule has 0 unspecified atom stereocenters. The maximum Gasteiger partial charge on any atom is 0.156 e. The fourth-order valence-corrected chi connectivity index (χ4v) is 4.96. The minimum absolute atomic E-state index is 0.417. The molecule has 5 rings (SSSR count). The van der Waals surface area contributed by atoms with E-state index in [2.05, 4.69) is 87.9 Å². The van der Waals surface area contributed by atoms with Crippen LogP contribution in [0.1, 0.15) is 27.8 Å². The summed E-state index contributed by atoms with van der Waals surface area (Å²) in [4.78, 5) is 2.42. The second kappa shape index (κ2) is 7.84. The van der Waals surface area contributed by atoms with Gasteiger partial charge in [-0.15, -0.1) is 10.2 Å². The van der Waals surface area contributed by atoms with Gasteiger partial charge in [-0.3, -0.25) is 4.90 Å². The van der Waals surface area contributed by atoms with Crippen LogP contribution in [0.2, 0.25) is 10.3 Å². The lowest BCUT2D eigenvalue weighted by Crippen LogP contribution is -2.45. The molecule has 1 aliphatic rings. The molecule has 0 saturated carbocycles. The van der Waals surface area contributed by atoms with Gasteiger partial charge in [0.2, 0.25) is 0 Å². The average Bonchev–Trinajstić information content (AvgIpc) is 3.26. The van der Waals surface area contributed by atoms with Crippen molar-refractivity contribution in [2.75, 3.05) is 0 Å². The molecule has 0 N–H and O–H groups in total. The number of halogens is 2. The standard InChI is InChI=1S/C25H19Cl2N3/c26-23-21-16-30(17-22(21)24(27)29-28-23)25(18-10-4-1-5-11-18,19-12-6-2-7-13-19)20-14-8-3-9-15-20/h1-15H,16-17H2. The van der Waals surface area contributed by atoms with Crippen molar-refractivity contribution in [2.24, 2.45) is 0 Å². The summed E-state index contributed by atoms with van der Waals surface area (Å²) in [5.74, 6) is 0. The Bertz CT molecular complexity index is 1040. The molecule has 0 fully saturated rings. The van der Waals surface area contributed by atoms with Gasteiger partial charge in [-0.25, -0.2) is 0 Å². The highest BCUT2D eigenvalue weighted by Gasteiger charge is 2.45. The Balaban J connectivity index is 1.80. The normalized spacial score (nSPS) is 13.9. The molecular weight excluding hydrogens is 413 g/mol. The lowest BCUT2D eigenvalue weighted by Gasteiger charge is -2.43. The Morgan fingerprint density at radius 3 is 1.23 bits per heavy atom. The van der Waals surface area contributed by atoms with Gasteiger partial charge in [-0.05, 0) is 16.7 Å². The van der Waals surface area contributed by atoms with E-state index in [1.165, 1.54) is 16.7 Å². The van der Waals surface area contributed by atoms with Crippen LogP contribution < -0.4 is 0 Å². The molecule has 0 bridgehead atoms. The number of rotatable bonds is 4. The molecule has 30 heavy (non-hydrogen) atoms. The predicted molar refractivity (Wildman–Crippen MR) is 121 cm³/mol. The molecule has 1 aliphatic heterocycles. The highest BCUT2D eigenvalue weighted by atomic mass is 35.5. The van der Waals surface area contributed by atoms with E-state index in [9.17, 15) is 0 Å². The Kier molecular flexibility index (Phi) is 5.03. The average molecular weight is 432 g/mol. The Labute approximate surface area is 185 Å². The Hall–Kier alpha value is -2.72. The molecule has 0 radical (unpaired) electrons. The number of benzene rings is 3. The van der Waals surface area contributed by atoms with Crippen LogP contribution in [0.4, 0.5) is 0 Å². The van der Waals surface area contributed by atoms with Gasteiger partial charge in [-0.2, -0.15) is 0 Å². The third kappa shape index (κ3) is 3.02. The fraction of sp³-hybridized carbons (Fsp3) is 0.120. The van der Waals surface area contributed by atoms with Gasteiger partial charge >= 0.3 is 0 Å². The third-order valence-corrected chi connectivity index (χ3v) is 6.44. The molecule has 1 aromatic heterocycles. The van der Waals surface area contributed by atoms with Crippen LogP contribution in [0.25, 0.3) is 0 Å². The minimum Gasteiger partial charge on any atom is -0.277 e. The second-order valence-electron chi connectivity index (χ2n) is 7.40. The van der Waals surface area contributed by atoms with E-state index >= 15 is 0 Å². The fourth-order valence-electron chi connectivity index (χ4n) is 4.54. The predicted octanol–water partition coefficient (Wildman–Crippen LogP) is 6.09. The van der Waals surface area contributed by atoms with Crippen LogP contribution in [0.3, 0.4) is 0 Å². The topological polar surface area (TPSA) is 29.0 Å². The summed E-state index contributed by atoms with van der Waals surface area (Å²) in [6, 6.07) is 31.8. The van der Waals surface area contributed by atoms with Crippen LogP contribution in [0.15, 0.2) is 91.0 Å². The van der Waals surface area contributed by atoms with Crippen molar-refractivity contribution in [1.82, 2.24) is 15.1 Å². The van der Waals surface area contributed by atoms with Gasteiger partial charge in [-0.1, -0.05) is 114 Å². The van der Waals surface area contributed by atoms with E-state index in [4.69, 9.17) is 23.2 Å². The van der Waals surface area contributed by atoms with Crippen molar-refractivity contribution in [2.45, 2.75) is 18.6 Å². The van der Waals surface area contributed by atoms with Crippen LogP contribution in [-0.2, 0) is 18.6 Å². The summed E-state index contributed by atoms with van der Waals surface area (Å²) in [6.45, 7) is 1.25. The molecule has 3 nitrogen and oxygen atoms in total. The zero-order valence-corrected chi connectivity index (χ0v) is 17.7. The first-order valence-corrected chi connectivity index (χ1v) is 10.6. The molecule has 3 aromatic carbocycles. The zero-order chi connectivity index (χ0) is 20.6. The van der Waals surface area contributed by atoms with E-state index in [1.807, 2.05) is 18.2 Å². The lowest BCUT2D eigenvalue weighted by molar-refractivity contribution is 0.157. The molecule has 0 spiro atoms. The number of fused-ring (bicyclic) bond motifs is 1. The van der Waals surface area contributed by atoms with E-state index in [0.717, 1.165) is 11.1 Å². The van der Waals surface area contributed by atoms with Crippen LogP contribution in [-0.4, -0.2) is 15.1 Å². The largest absolute Gasteiger partial charge is 0.277 e. The molecule has 0 saturated heterocycles. The van der Waals surface area contributed by atoms with Gasteiger partial charge in [0.25, 0.3) is 0 Å². The maximum atomic E-state index is 6.44. The summed E-state index contributed by atoms with van der Waals surface area (Å²) in [5, 5.41) is 8.92. The van der Waals surface area contributed by atoms with Crippen LogP contribution >= 0.6 is 23.2 Å². The molecule has 0 atom stereocenters. The maximum absolute atomic E-state index is 6.44. The van der Waals surface area contributed by atoms with E-state index in [-0.39, 0.29) is 0 Å². The number of aromatic nitrogens is 2. The number of hydrogen-bond acceptors (Lipinski definition) is 3. The van der Waals surface area contributed by atoms with Crippen molar-refractivity contribution >= 4 is 23.2 Å². The molecule has 0 aliphatic carbocycles. The summed E-state index contributed by atoms with van der Waals surface area (Å²) in [7, 11) is 0. The number of nitrogens with zero attached hydrogens (tertiary/aromatic N) is 3. The van der Waals surface area contributed by atoms with Crippen molar-refractivity contribution in [3.05, 3.63) is 129 Å². The first-order valence-electron chi connectivity index (χ1n) is 9.82. The van der Waals surface area contributed by atoms with Crippen LogP contribution in [0, 0.1) is 0 Å². The molecule has 0 amide bonds. The zero-order valence-electron chi connectivity index (χ0n) is 16.2. The molecule has 148 valence electrons. The van der Waals surface area contributed by atoms with E-state index < -0.39 is 5.54 Å². The smallest absolute Gasteiger partial charge is 0.156 e. The Morgan fingerprint density at radius 1 is 0.567 bits per heavy atom.